The normalized spacial score (nSPS) is 14.5. The van der Waals surface area contributed by atoms with Crippen LogP contribution in [0.3, 0.4) is 0 Å². The first-order valence-electron chi connectivity index (χ1n) is 10.4. The minimum atomic E-state index is -1.11. The number of rotatable bonds is 6. The summed E-state index contributed by atoms with van der Waals surface area (Å²) in [5.41, 5.74) is 5.23. The fourth-order valence-corrected chi connectivity index (χ4v) is 4.26. The second-order valence-corrected chi connectivity index (χ2v) is 8.07. The number of carbonyl (C=O) groups excluding carboxylic acids is 1. The Hall–Kier alpha value is -3.80. The number of alkyl halides is 2. The summed E-state index contributed by atoms with van der Waals surface area (Å²) >= 11 is 0. The van der Waals surface area contributed by atoms with Crippen LogP contribution in [0, 0.1) is 6.92 Å². The van der Waals surface area contributed by atoms with E-state index in [2.05, 4.69) is 0 Å². The van der Waals surface area contributed by atoms with E-state index in [1.54, 1.807) is 19.1 Å². The van der Waals surface area contributed by atoms with Gasteiger partial charge in [-0.05, 0) is 77.1 Å². The summed E-state index contributed by atoms with van der Waals surface area (Å²) in [5, 5.41) is 9.33. The molecule has 6 heteroatoms. The Bertz CT molecular complexity index is 1270. The van der Waals surface area contributed by atoms with Crippen molar-refractivity contribution in [3.8, 4) is 11.1 Å². The second kappa shape index (κ2) is 8.98. The quantitative estimate of drug-likeness (QED) is 0.431. The number of aromatic carboxylic acids is 1. The summed E-state index contributed by atoms with van der Waals surface area (Å²) in [6.45, 7) is 2.02. The number of benzene rings is 3. The van der Waals surface area contributed by atoms with E-state index in [1.807, 2.05) is 31.2 Å². The molecule has 0 saturated carbocycles. The van der Waals surface area contributed by atoms with Gasteiger partial charge in [0, 0.05) is 5.56 Å². The zero-order valence-corrected chi connectivity index (χ0v) is 18.2. The fraction of sp³-hybridized carbons (Fsp3) is 0.185. The van der Waals surface area contributed by atoms with E-state index in [1.165, 1.54) is 24.3 Å². The highest BCUT2D eigenvalue weighted by atomic mass is 19.1. The molecule has 3 aromatic rings. The van der Waals surface area contributed by atoms with Crippen LogP contribution in [0.1, 0.15) is 61.6 Å². The van der Waals surface area contributed by atoms with Crippen molar-refractivity contribution in [2.24, 2.45) is 0 Å². The molecule has 0 heterocycles. The molecule has 0 radical (unpaired) electrons. The average Bonchev–Trinajstić information content (AvgIpc) is 3.13. The molecule has 1 unspecified atom stereocenters. The standard InChI is InChI=1S/C27H22F2O4/c1-15-9-24-22(19-11-17(13-28)10-18(12-19)14-29)7-4-8-23(24)25(15)33-27(32)21-6-3-5-20(16(21)2)26(30)31/h3-12,25H,13-14H2,1-2H3,(H,30,31). The molecule has 0 aliphatic heterocycles. The molecule has 0 spiro atoms. The van der Waals surface area contributed by atoms with Crippen LogP contribution < -0.4 is 0 Å². The maximum atomic E-state index is 13.3. The van der Waals surface area contributed by atoms with E-state index in [9.17, 15) is 23.5 Å². The zero-order valence-electron chi connectivity index (χ0n) is 18.2. The summed E-state index contributed by atoms with van der Waals surface area (Å²) in [5.74, 6) is -1.73. The lowest BCUT2D eigenvalue weighted by Crippen LogP contribution is -2.14. The van der Waals surface area contributed by atoms with Crippen LogP contribution >= 0.6 is 0 Å². The van der Waals surface area contributed by atoms with Gasteiger partial charge in [-0.2, -0.15) is 0 Å². The molecule has 0 fully saturated rings. The molecular weight excluding hydrogens is 426 g/mol. The number of hydrogen-bond acceptors (Lipinski definition) is 3. The highest BCUT2D eigenvalue weighted by molar-refractivity contribution is 5.97. The van der Waals surface area contributed by atoms with Crippen LogP contribution in [-0.4, -0.2) is 17.0 Å². The Morgan fingerprint density at radius 3 is 2.21 bits per heavy atom. The van der Waals surface area contributed by atoms with Crippen LogP contribution in [-0.2, 0) is 18.1 Å². The van der Waals surface area contributed by atoms with Gasteiger partial charge in [0.25, 0.3) is 0 Å². The fourth-order valence-electron chi connectivity index (χ4n) is 4.26. The van der Waals surface area contributed by atoms with Crippen molar-refractivity contribution in [2.45, 2.75) is 33.3 Å². The molecule has 3 aromatic carbocycles. The van der Waals surface area contributed by atoms with Gasteiger partial charge in [0.05, 0.1) is 11.1 Å². The smallest absolute Gasteiger partial charge is 0.339 e. The van der Waals surface area contributed by atoms with Crippen LogP contribution in [0.4, 0.5) is 8.78 Å². The van der Waals surface area contributed by atoms with Crippen molar-refractivity contribution in [1.29, 1.82) is 0 Å². The Kier molecular flexibility index (Phi) is 6.09. The number of carboxylic acid groups (broad SMARTS) is 1. The molecule has 1 atom stereocenters. The summed E-state index contributed by atoms with van der Waals surface area (Å²) in [6.07, 6.45) is 1.26. The molecular formula is C27H22F2O4. The zero-order chi connectivity index (χ0) is 23.7. The van der Waals surface area contributed by atoms with E-state index >= 15 is 0 Å². The monoisotopic (exact) mass is 448 g/mol. The lowest BCUT2D eigenvalue weighted by atomic mass is 9.94. The largest absolute Gasteiger partial charge is 0.478 e. The highest BCUT2D eigenvalue weighted by Crippen LogP contribution is 2.42. The highest BCUT2D eigenvalue weighted by Gasteiger charge is 2.29. The van der Waals surface area contributed by atoms with Crippen molar-refractivity contribution in [2.75, 3.05) is 0 Å². The van der Waals surface area contributed by atoms with Gasteiger partial charge in [-0.3, -0.25) is 0 Å². The molecule has 4 nitrogen and oxygen atoms in total. The molecule has 0 aromatic heterocycles. The predicted octanol–water partition coefficient (Wildman–Crippen LogP) is 6.61. The topological polar surface area (TPSA) is 63.6 Å². The number of carbonyl (C=O) groups is 2. The van der Waals surface area contributed by atoms with Gasteiger partial charge in [0.2, 0.25) is 0 Å². The van der Waals surface area contributed by atoms with E-state index < -0.39 is 31.4 Å². The SMILES string of the molecule is CC1=Cc2c(-c3cc(CF)cc(CF)c3)cccc2C1OC(=O)c1cccc(C(=O)O)c1C. The maximum Gasteiger partial charge on any atom is 0.339 e. The molecule has 0 bridgehead atoms. The van der Waals surface area contributed by atoms with Crippen LogP contribution in [0.25, 0.3) is 17.2 Å². The third-order valence-corrected chi connectivity index (χ3v) is 5.89. The van der Waals surface area contributed by atoms with Crippen LogP contribution in [0.15, 0.2) is 60.2 Å². The summed E-state index contributed by atoms with van der Waals surface area (Å²) < 4.78 is 32.5. The van der Waals surface area contributed by atoms with Gasteiger partial charge in [0.1, 0.15) is 19.5 Å². The lowest BCUT2D eigenvalue weighted by molar-refractivity contribution is 0.0376. The number of hydrogen-bond donors (Lipinski definition) is 1. The van der Waals surface area contributed by atoms with E-state index in [0.717, 1.165) is 22.3 Å². The van der Waals surface area contributed by atoms with Crippen molar-refractivity contribution in [3.63, 3.8) is 0 Å². The molecule has 1 N–H and O–H groups in total. The Labute approximate surface area is 190 Å². The molecule has 0 amide bonds. The maximum absolute atomic E-state index is 13.3. The van der Waals surface area contributed by atoms with E-state index in [-0.39, 0.29) is 11.1 Å². The molecule has 1 aliphatic rings. The molecule has 4 rings (SSSR count). The molecule has 168 valence electrons. The molecule has 1 aliphatic carbocycles. The number of ether oxygens (including phenoxy) is 1. The Morgan fingerprint density at radius 2 is 1.58 bits per heavy atom. The average molecular weight is 448 g/mol. The van der Waals surface area contributed by atoms with Crippen molar-refractivity contribution >= 4 is 18.0 Å². The second-order valence-electron chi connectivity index (χ2n) is 8.07. The van der Waals surface area contributed by atoms with Crippen molar-refractivity contribution in [3.05, 3.63) is 99.1 Å². The van der Waals surface area contributed by atoms with Gasteiger partial charge < -0.3 is 9.84 Å². The molecule has 0 saturated heterocycles. The first-order chi connectivity index (χ1) is 15.8. The third-order valence-electron chi connectivity index (χ3n) is 5.89. The van der Waals surface area contributed by atoms with E-state index in [4.69, 9.17) is 4.74 Å². The Morgan fingerprint density at radius 1 is 0.939 bits per heavy atom. The van der Waals surface area contributed by atoms with Gasteiger partial charge in [0.15, 0.2) is 0 Å². The van der Waals surface area contributed by atoms with Crippen LogP contribution in [0.5, 0.6) is 0 Å². The summed E-state index contributed by atoms with van der Waals surface area (Å²) in [6, 6.07) is 14.9. The van der Waals surface area contributed by atoms with E-state index in [0.29, 0.717) is 22.3 Å². The summed E-state index contributed by atoms with van der Waals surface area (Å²) in [7, 11) is 0. The minimum absolute atomic E-state index is 0.0437. The van der Waals surface area contributed by atoms with Gasteiger partial charge >= 0.3 is 11.9 Å². The molecule has 33 heavy (non-hydrogen) atoms. The predicted molar refractivity (Wildman–Crippen MR) is 121 cm³/mol. The Balaban J connectivity index is 1.71. The van der Waals surface area contributed by atoms with Crippen molar-refractivity contribution < 1.29 is 28.2 Å². The van der Waals surface area contributed by atoms with Crippen molar-refractivity contribution in [1.82, 2.24) is 0 Å². The van der Waals surface area contributed by atoms with Crippen LogP contribution in [0.2, 0.25) is 0 Å². The first-order valence-corrected chi connectivity index (χ1v) is 10.4. The third kappa shape index (κ3) is 4.16. The minimum Gasteiger partial charge on any atom is -0.478 e. The number of halogens is 2. The van der Waals surface area contributed by atoms with Gasteiger partial charge in [-0.25, -0.2) is 18.4 Å². The first kappa shape index (κ1) is 22.4. The van der Waals surface area contributed by atoms with Gasteiger partial charge in [-0.1, -0.05) is 36.4 Å². The van der Waals surface area contributed by atoms with Gasteiger partial charge in [-0.15, -0.1) is 0 Å². The number of esters is 1. The number of carboxylic acids is 1. The number of fused-ring (bicyclic) bond motifs is 1. The lowest BCUT2D eigenvalue weighted by Gasteiger charge is -2.18. The summed E-state index contributed by atoms with van der Waals surface area (Å²) in [4.78, 5) is 24.4.